The molecule has 1 aliphatic heterocycles. The van der Waals surface area contributed by atoms with Crippen LogP contribution in [0, 0.1) is 5.82 Å². The number of carbonyl (C=O) groups excluding carboxylic acids is 1. The van der Waals surface area contributed by atoms with E-state index in [-0.39, 0.29) is 11.9 Å². The molecule has 0 aliphatic carbocycles. The van der Waals surface area contributed by atoms with Crippen molar-refractivity contribution in [2.24, 2.45) is 0 Å². The van der Waals surface area contributed by atoms with E-state index in [1.165, 1.54) is 17.0 Å². The Kier molecular flexibility index (Phi) is 6.17. The van der Waals surface area contributed by atoms with Gasteiger partial charge in [-0.3, -0.25) is 4.90 Å². The predicted octanol–water partition coefficient (Wildman–Crippen LogP) is 6.33. The maximum atomic E-state index is 14.1. The minimum atomic E-state index is -0.639. The SMILES string of the molecule is CC1=C(c2nc(-c3ccc(Cl)cc3)no2)C(c2cccc(F)c2)NC(=O)N1CCc1cccs1. The number of rotatable bonds is 6. The molecular weight excluding hydrogens is 475 g/mol. The van der Waals surface area contributed by atoms with Crippen LogP contribution in [0.2, 0.25) is 5.02 Å². The summed E-state index contributed by atoms with van der Waals surface area (Å²) in [6.45, 7) is 2.33. The summed E-state index contributed by atoms with van der Waals surface area (Å²) in [4.78, 5) is 20.5. The van der Waals surface area contributed by atoms with E-state index in [4.69, 9.17) is 16.1 Å². The van der Waals surface area contributed by atoms with Crippen LogP contribution in [0.3, 0.4) is 0 Å². The highest BCUT2D eigenvalue weighted by atomic mass is 35.5. The molecule has 6 nitrogen and oxygen atoms in total. The Bertz CT molecular complexity index is 1350. The lowest BCUT2D eigenvalue weighted by Crippen LogP contribution is -2.46. The number of hydrogen-bond donors (Lipinski definition) is 1. The summed E-state index contributed by atoms with van der Waals surface area (Å²) in [7, 11) is 0. The van der Waals surface area contributed by atoms with Gasteiger partial charge in [0.25, 0.3) is 5.89 Å². The van der Waals surface area contributed by atoms with E-state index < -0.39 is 11.9 Å². The number of hydrogen-bond acceptors (Lipinski definition) is 5. The zero-order chi connectivity index (χ0) is 23.7. The molecule has 2 amide bonds. The monoisotopic (exact) mass is 494 g/mol. The Hall–Kier alpha value is -3.49. The molecule has 0 bridgehead atoms. The summed E-state index contributed by atoms with van der Waals surface area (Å²) in [6, 6.07) is 16.4. The lowest BCUT2D eigenvalue weighted by molar-refractivity contribution is 0.205. The zero-order valence-electron chi connectivity index (χ0n) is 18.2. The minimum absolute atomic E-state index is 0.260. The van der Waals surface area contributed by atoms with Crippen molar-refractivity contribution >= 4 is 34.5 Å². The molecule has 0 saturated carbocycles. The average molecular weight is 495 g/mol. The number of allylic oxidation sites excluding steroid dienone is 1. The lowest BCUT2D eigenvalue weighted by Gasteiger charge is -2.35. The van der Waals surface area contributed by atoms with E-state index in [9.17, 15) is 9.18 Å². The van der Waals surface area contributed by atoms with Crippen LogP contribution in [0.25, 0.3) is 17.0 Å². The molecule has 172 valence electrons. The highest BCUT2D eigenvalue weighted by molar-refractivity contribution is 7.09. The van der Waals surface area contributed by atoms with Crippen LogP contribution in [0.1, 0.15) is 29.3 Å². The topological polar surface area (TPSA) is 71.3 Å². The van der Waals surface area contributed by atoms with Crippen LogP contribution in [-0.2, 0) is 6.42 Å². The normalized spacial score (nSPS) is 16.1. The summed E-state index contributed by atoms with van der Waals surface area (Å²) >= 11 is 7.64. The summed E-state index contributed by atoms with van der Waals surface area (Å²) in [6.07, 6.45) is 0.709. The third-order valence-electron chi connectivity index (χ3n) is 5.70. The molecule has 0 saturated heterocycles. The first-order valence-electron chi connectivity index (χ1n) is 10.7. The quantitative estimate of drug-likeness (QED) is 0.340. The maximum absolute atomic E-state index is 14.1. The number of urea groups is 1. The summed E-state index contributed by atoms with van der Waals surface area (Å²) < 4.78 is 19.7. The van der Waals surface area contributed by atoms with Crippen molar-refractivity contribution in [3.63, 3.8) is 0 Å². The molecule has 5 rings (SSSR count). The first-order chi connectivity index (χ1) is 16.5. The summed E-state index contributed by atoms with van der Waals surface area (Å²) in [5, 5.41) is 9.75. The van der Waals surface area contributed by atoms with Gasteiger partial charge in [0, 0.05) is 27.7 Å². The van der Waals surface area contributed by atoms with E-state index in [1.807, 2.05) is 24.4 Å². The largest absolute Gasteiger partial charge is 0.334 e. The van der Waals surface area contributed by atoms with Crippen molar-refractivity contribution in [1.82, 2.24) is 20.4 Å². The number of aromatic nitrogens is 2. The summed E-state index contributed by atoms with van der Waals surface area (Å²) in [5.74, 6) is 0.265. The van der Waals surface area contributed by atoms with Crippen LogP contribution < -0.4 is 5.32 Å². The van der Waals surface area contributed by atoms with Gasteiger partial charge in [-0.15, -0.1) is 11.3 Å². The number of carbonyl (C=O) groups is 1. The van der Waals surface area contributed by atoms with E-state index in [1.54, 1.807) is 52.6 Å². The third kappa shape index (κ3) is 4.47. The molecule has 0 fully saturated rings. The Morgan fingerprint density at radius 1 is 1.18 bits per heavy atom. The van der Waals surface area contributed by atoms with E-state index in [0.29, 0.717) is 40.6 Å². The van der Waals surface area contributed by atoms with Gasteiger partial charge in [-0.25, -0.2) is 9.18 Å². The molecule has 34 heavy (non-hydrogen) atoms. The predicted molar refractivity (Wildman–Crippen MR) is 130 cm³/mol. The van der Waals surface area contributed by atoms with Crippen LogP contribution in [0.4, 0.5) is 9.18 Å². The van der Waals surface area contributed by atoms with Crippen LogP contribution >= 0.6 is 22.9 Å². The second-order valence-electron chi connectivity index (χ2n) is 7.85. The molecule has 4 aromatic rings. The second kappa shape index (κ2) is 9.40. The zero-order valence-corrected chi connectivity index (χ0v) is 19.7. The van der Waals surface area contributed by atoms with Gasteiger partial charge in [-0.2, -0.15) is 4.98 Å². The fourth-order valence-electron chi connectivity index (χ4n) is 3.99. The van der Waals surface area contributed by atoms with Gasteiger partial charge in [0.2, 0.25) is 5.82 Å². The van der Waals surface area contributed by atoms with Crippen molar-refractivity contribution in [3.05, 3.63) is 98.9 Å². The third-order valence-corrected chi connectivity index (χ3v) is 6.89. The highest BCUT2D eigenvalue weighted by Crippen LogP contribution is 2.37. The van der Waals surface area contributed by atoms with E-state index in [0.717, 1.165) is 5.56 Å². The molecule has 2 aromatic carbocycles. The number of nitrogens with one attached hydrogen (secondary N) is 1. The van der Waals surface area contributed by atoms with Gasteiger partial charge in [-0.1, -0.05) is 35.0 Å². The molecule has 0 radical (unpaired) electrons. The van der Waals surface area contributed by atoms with Crippen LogP contribution in [-0.4, -0.2) is 27.6 Å². The van der Waals surface area contributed by atoms with Crippen molar-refractivity contribution in [3.8, 4) is 11.4 Å². The molecule has 1 N–H and O–H groups in total. The lowest BCUT2D eigenvalue weighted by atomic mass is 9.94. The number of thiophene rings is 1. The molecular formula is C25H20ClFN4O2S. The first-order valence-corrected chi connectivity index (χ1v) is 11.9. The number of nitrogens with zero attached hydrogens (tertiary/aromatic N) is 3. The second-order valence-corrected chi connectivity index (χ2v) is 9.32. The minimum Gasteiger partial charge on any atom is -0.334 e. The molecule has 0 spiro atoms. The number of benzene rings is 2. The van der Waals surface area contributed by atoms with Crippen molar-refractivity contribution in [2.45, 2.75) is 19.4 Å². The van der Waals surface area contributed by atoms with Gasteiger partial charge in [0.1, 0.15) is 5.82 Å². The van der Waals surface area contributed by atoms with Crippen LogP contribution in [0.15, 0.2) is 76.3 Å². The van der Waals surface area contributed by atoms with Crippen molar-refractivity contribution in [2.75, 3.05) is 6.54 Å². The maximum Gasteiger partial charge on any atom is 0.322 e. The number of amides is 2. The molecule has 1 atom stereocenters. The molecule has 1 aliphatic rings. The van der Waals surface area contributed by atoms with Gasteiger partial charge in [-0.05, 0) is 66.8 Å². The number of halogens is 2. The van der Waals surface area contributed by atoms with E-state index >= 15 is 0 Å². The van der Waals surface area contributed by atoms with Gasteiger partial charge >= 0.3 is 6.03 Å². The summed E-state index contributed by atoms with van der Waals surface area (Å²) in [5.41, 5.74) is 2.64. The fourth-order valence-corrected chi connectivity index (χ4v) is 4.81. The van der Waals surface area contributed by atoms with Crippen LogP contribution in [0.5, 0.6) is 0 Å². The standard InChI is InChI=1S/C25H20ClFN4O2S/c1-15-21(24-29-23(30-33-24)16-7-9-18(26)10-8-16)22(17-4-2-5-19(27)14-17)28-25(32)31(15)12-11-20-6-3-13-34-20/h2-10,13-14,22H,11-12H2,1H3,(H,28,32). The van der Waals surface area contributed by atoms with Gasteiger partial charge in [0.05, 0.1) is 11.6 Å². The van der Waals surface area contributed by atoms with E-state index in [2.05, 4.69) is 15.5 Å². The molecule has 3 heterocycles. The molecule has 9 heteroatoms. The van der Waals surface area contributed by atoms with Crippen molar-refractivity contribution in [1.29, 1.82) is 0 Å². The Morgan fingerprint density at radius 3 is 2.74 bits per heavy atom. The Labute approximate surface area is 204 Å². The Balaban J connectivity index is 1.56. The fraction of sp³-hybridized carbons (Fsp3) is 0.160. The first kappa shape index (κ1) is 22.3. The highest BCUT2D eigenvalue weighted by Gasteiger charge is 2.35. The Morgan fingerprint density at radius 2 is 2.00 bits per heavy atom. The smallest absolute Gasteiger partial charge is 0.322 e. The van der Waals surface area contributed by atoms with Gasteiger partial charge in [0.15, 0.2) is 0 Å². The van der Waals surface area contributed by atoms with Crippen molar-refractivity contribution < 1.29 is 13.7 Å². The average Bonchev–Trinajstić information content (AvgIpc) is 3.52. The van der Waals surface area contributed by atoms with Gasteiger partial charge < -0.3 is 9.84 Å². The molecule has 2 aromatic heterocycles. The molecule has 1 unspecified atom stereocenters.